The Hall–Kier alpha value is -0.410. The van der Waals surface area contributed by atoms with Gasteiger partial charge in [0.05, 0.1) is 0 Å². The van der Waals surface area contributed by atoms with Crippen molar-refractivity contribution in [2.24, 2.45) is 0 Å². The third-order valence-electron chi connectivity index (χ3n) is 2.39. The zero-order valence-corrected chi connectivity index (χ0v) is 8.99. The fraction of sp³-hybridized carbons (Fsp3) is 0.400. The van der Waals surface area contributed by atoms with Crippen LogP contribution in [0, 0.1) is 0 Å². The zero-order chi connectivity index (χ0) is 9.47. The van der Waals surface area contributed by atoms with Crippen molar-refractivity contribution >= 4 is 15.9 Å². The Morgan fingerprint density at radius 1 is 1.54 bits per heavy atom. The standard InChI is InChI=1S/C10H11BrFN/c1-10(12)6-13-5-7-3-2-4-8(11)9(7)10/h2-4,13H,5-6H2,1H3. The number of fused-ring (bicyclic) bond motifs is 1. The Morgan fingerprint density at radius 2 is 2.31 bits per heavy atom. The molecule has 1 atom stereocenters. The summed E-state index contributed by atoms with van der Waals surface area (Å²) in [5.41, 5.74) is 0.590. The molecule has 1 heterocycles. The summed E-state index contributed by atoms with van der Waals surface area (Å²) in [7, 11) is 0. The van der Waals surface area contributed by atoms with Gasteiger partial charge in [0.15, 0.2) is 0 Å². The maximum atomic E-state index is 14.0. The van der Waals surface area contributed by atoms with E-state index in [2.05, 4.69) is 21.2 Å². The van der Waals surface area contributed by atoms with Crippen LogP contribution in [0.25, 0.3) is 0 Å². The molecule has 0 bridgehead atoms. The van der Waals surface area contributed by atoms with Crippen molar-refractivity contribution in [3.05, 3.63) is 33.8 Å². The summed E-state index contributed by atoms with van der Waals surface area (Å²) >= 11 is 3.39. The van der Waals surface area contributed by atoms with Gasteiger partial charge in [-0.25, -0.2) is 4.39 Å². The molecule has 0 saturated heterocycles. The molecular formula is C10H11BrFN. The molecule has 70 valence electrons. The van der Waals surface area contributed by atoms with Gasteiger partial charge >= 0.3 is 0 Å². The molecule has 3 heteroatoms. The molecule has 2 rings (SSSR count). The van der Waals surface area contributed by atoms with Crippen molar-refractivity contribution < 1.29 is 4.39 Å². The van der Waals surface area contributed by atoms with E-state index in [9.17, 15) is 4.39 Å². The number of nitrogens with one attached hydrogen (secondary N) is 1. The predicted molar refractivity (Wildman–Crippen MR) is 54.3 cm³/mol. The van der Waals surface area contributed by atoms with Gasteiger partial charge in [-0.1, -0.05) is 28.1 Å². The molecule has 0 fully saturated rings. The summed E-state index contributed by atoms with van der Waals surface area (Å²) in [6.45, 7) is 2.76. The van der Waals surface area contributed by atoms with Crippen LogP contribution in [-0.2, 0) is 12.2 Å². The molecule has 0 saturated carbocycles. The number of rotatable bonds is 0. The van der Waals surface area contributed by atoms with E-state index < -0.39 is 5.67 Å². The highest BCUT2D eigenvalue weighted by Crippen LogP contribution is 2.36. The minimum absolute atomic E-state index is 0.391. The van der Waals surface area contributed by atoms with Gasteiger partial charge in [-0.2, -0.15) is 0 Å². The average Bonchev–Trinajstić information content (AvgIpc) is 2.02. The van der Waals surface area contributed by atoms with Gasteiger partial charge in [0.1, 0.15) is 5.67 Å². The van der Waals surface area contributed by atoms with Crippen LogP contribution < -0.4 is 5.32 Å². The summed E-state index contributed by atoms with van der Waals surface area (Å²) < 4.78 is 14.9. The highest BCUT2D eigenvalue weighted by Gasteiger charge is 2.33. The van der Waals surface area contributed by atoms with Crippen molar-refractivity contribution in [2.75, 3.05) is 6.54 Å². The van der Waals surface area contributed by atoms with Crippen molar-refractivity contribution in [2.45, 2.75) is 19.1 Å². The van der Waals surface area contributed by atoms with Crippen molar-refractivity contribution in [1.29, 1.82) is 0 Å². The lowest BCUT2D eigenvalue weighted by Crippen LogP contribution is -2.37. The van der Waals surface area contributed by atoms with E-state index in [0.717, 1.165) is 22.1 Å². The minimum Gasteiger partial charge on any atom is -0.309 e. The molecule has 1 aliphatic rings. The number of alkyl halides is 1. The molecule has 1 unspecified atom stereocenters. The van der Waals surface area contributed by atoms with E-state index in [4.69, 9.17) is 0 Å². The summed E-state index contributed by atoms with van der Waals surface area (Å²) in [6, 6.07) is 5.79. The van der Waals surface area contributed by atoms with E-state index in [1.54, 1.807) is 6.92 Å². The Balaban J connectivity index is 2.61. The molecule has 13 heavy (non-hydrogen) atoms. The Labute approximate surface area is 85.5 Å². The first kappa shape index (κ1) is 9.16. The van der Waals surface area contributed by atoms with Crippen LogP contribution in [0.15, 0.2) is 22.7 Å². The first-order valence-corrected chi connectivity index (χ1v) is 5.08. The number of hydrogen-bond acceptors (Lipinski definition) is 1. The summed E-state index contributed by atoms with van der Waals surface area (Å²) in [5.74, 6) is 0. The molecule has 1 aromatic rings. The molecule has 0 amide bonds. The summed E-state index contributed by atoms with van der Waals surface area (Å²) in [4.78, 5) is 0. The van der Waals surface area contributed by atoms with E-state index in [1.807, 2.05) is 18.2 Å². The van der Waals surface area contributed by atoms with Crippen LogP contribution in [0.3, 0.4) is 0 Å². The van der Waals surface area contributed by atoms with Crippen LogP contribution >= 0.6 is 15.9 Å². The monoisotopic (exact) mass is 243 g/mol. The number of halogens is 2. The van der Waals surface area contributed by atoms with Crippen molar-refractivity contribution in [3.63, 3.8) is 0 Å². The molecule has 0 spiro atoms. The van der Waals surface area contributed by atoms with Crippen LogP contribution in [0.2, 0.25) is 0 Å². The van der Waals surface area contributed by atoms with Gasteiger partial charge in [0, 0.05) is 23.1 Å². The van der Waals surface area contributed by atoms with Gasteiger partial charge in [0.2, 0.25) is 0 Å². The van der Waals surface area contributed by atoms with E-state index >= 15 is 0 Å². The number of benzene rings is 1. The number of hydrogen-bond donors (Lipinski definition) is 1. The third kappa shape index (κ3) is 1.51. The lowest BCUT2D eigenvalue weighted by atomic mass is 9.90. The second-order valence-electron chi connectivity index (χ2n) is 3.57. The predicted octanol–water partition coefficient (Wildman–Crippen LogP) is 2.74. The van der Waals surface area contributed by atoms with Crippen molar-refractivity contribution in [3.8, 4) is 0 Å². The molecule has 1 N–H and O–H groups in total. The van der Waals surface area contributed by atoms with E-state index in [0.29, 0.717) is 6.54 Å². The van der Waals surface area contributed by atoms with Crippen molar-refractivity contribution in [1.82, 2.24) is 5.32 Å². The van der Waals surface area contributed by atoms with Crippen LogP contribution in [0.4, 0.5) is 4.39 Å². The van der Waals surface area contributed by atoms with E-state index in [1.165, 1.54) is 0 Å². The highest BCUT2D eigenvalue weighted by molar-refractivity contribution is 9.10. The molecule has 1 aromatic carbocycles. The SMILES string of the molecule is CC1(F)CNCc2cccc(Br)c21. The van der Waals surface area contributed by atoms with E-state index in [-0.39, 0.29) is 0 Å². The maximum Gasteiger partial charge on any atom is 0.146 e. The van der Waals surface area contributed by atoms with Crippen LogP contribution in [0.1, 0.15) is 18.1 Å². The fourth-order valence-electron chi connectivity index (χ4n) is 1.82. The average molecular weight is 244 g/mol. The van der Waals surface area contributed by atoms with Gasteiger partial charge < -0.3 is 5.32 Å². The largest absolute Gasteiger partial charge is 0.309 e. The second kappa shape index (κ2) is 3.07. The fourth-order valence-corrected chi connectivity index (χ4v) is 2.64. The van der Waals surface area contributed by atoms with Gasteiger partial charge in [-0.3, -0.25) is 0 Å². The molecule has 1 nitrogen and oxygen atoms in total. The lowest BCUT2D eigenvalue weighted by molar-refractivity contribution is 0.172. The van der Waals surface area contributed by atoms with Gasteiger partial charge in [-0.05, 0) is 18.6 Å². The Morgan fingerprint density at radius 3 is 3.00 bits per heavy atom. The molecule has 0 radical (unpaired) electrons. The Kier molecular flexibility index (Phi) is 2.16. The lowest BCUT2D eigenvalue weighted by Gasteiger charge is -2.30. The molecule has 0 aromatic heterocycles. The third-order valence-corrected chi connectivity index (χ3v) is 3.05. The van der Waals surface area contributed by atoms with Gasteiger partial charge in [-0.15, -0.1) is 0 Å². The quantitative estimate of drug-likeness (QED) is 0.739. The highest BCUT2D eigenvalue weighted by atomic mass is 79.9. The first-order chi connectivity index (χ1) is 6.11. The second-order valence-corrected chi connectivity index (χ2v) is 4.43. The summed E-state index contributed by atoms with van der Waals surface area (Å²) in [5, 5.41) is 3.06. The maximum absolute atomic E-state index is 14.0. The summed E-state index contributed by atoms with van der Waals surface area (Å²) in [6.07, 6.45) is 0. The normalized spacial score (nSPS) is 27.0. The smallest absolute Gasteiger partial charge is 0.146 e. The van der Waals surface area contributed by atoms with Crippen LogP contribution in [-0.4, -0.2) is 6.54 Å². The zero-order valence-electron chi connectivity index (χ0n) is 7.40. The molecular weight excluding hydrogens is 233 g/mol. The Bertz CT molecular complexity index is 336. The van der Waals surface area contributed by atoms with Gasteiger partial charge in [0.25, 0.3) is 0 Å². The first-order valence-electron chi connectivity index (χ1n) is 4.29. The topological polar surface area (TPSA) is 12.0 Å². The molecule has 0 aliphatic carbocycles. The molecule has 1 aliphatic heterocycles. The minimum atomic E-state index is -1.26. The van der Waals surface area contributed by atoms with Crippen LogP contribution in [0.5, 0.6) is 0 Å².